The Hall–Kier alpha value is -0.610. The molecule has 0 saturated heterocycles. The smallest absolute Gasteiger partial charge is 0.234 e. The number of nitrogens with one attached hydrogen (secondary N) is 2. The SMILES string of the molecule is CCCC(C)NC(=O)CNCC1(CO)CCCC1. The van der Waals surface area contributed by atoms with Crippen molar-refractivity contribution in [3.8, 4) is 0 Å². The zero-order chi connectivity index (χ0) is 13.4. The third-order valence-corrected chi connectivity index (χ3v) is 3.91. The number of hydrogen-bond donors (Lipinski definition) is 3. The summed E-state index contributed by atoms with van der Waals surface area (Å²) < 4.78 is 0. The number of carbonyl (C=O) groups excluding carboxylic acids is 1. The predicted octanol–water partition coefficient (Wildman–Crippen LogP) is 1.43. The van der Waals surface area contributed by atoms with Gasteiger partial charge in [-0.15, -0.1) is 0 Å². The van der Waals surface area contributed by atoms with Crippen molar-refractivity contribution in [2.24, 2.45) is 5.41 Å². The summed E-state index contributed by atoms with van der Waals surface area (Å²) in [6, 6.07) is 0.252. The summed E-state index contributed by atoms with van der Waals surface area (Å²) in [6.07, 6.45) is 6.65. The third kappa shape index (κ3) is 4.94. The van der Waals surface area contributed by atoms with E-state index in [0.717, 1.165) is 32.2 Å². The van der Waals surface area contributed by atoms with Crippen LogP contribution in [0.25, 0.3) is 0 Å². The van der Waals surface area contributed by atoms with Gasteiger partial charge in [-0.3, -0.25) is 4.79 Å². The summed E-state index contributed by atoms with van der Waals surface area (Å²) >= 11 is 0. The van der Waals surface area contributed by atoms with Crippen molar-refractivity contribution in [3.63, 3.8) is 0 Å². The van der Waals surface area contributed by atoms with E-state index in [1.807, 2.05) is 6.92 Å². The van der Waals surface area contributed by atoms with E-state index < -0.39 is 0 Å². The number of aliphatic hydroxyl groups excluding tert-OH is 1. The molecule has 0 heterocycles. The summed E-state index contributed by atoms with van der Waals surface area (Å²) in [4.78, 5) is 11.7. The van der Waals surface area contributed by atoms with Crippen molar-refractivity contribution in [1.29, 1.82) is 0 Å². The van der Waals surface area contributed by atoms with E-state index in [9.17, 15) is 9.90 Å². The molecule has 1 aliphatic rings. The fraction of sp³-hybridized carbons (Fsp3) is 0.929. The summed E-state index contributed by atoms with van der Waals surface area (Å²) in [7, 11) is 0. The molecule has 1 fully saturated rings. The lowest BCUT2D eigenvalue weighted by Gasteiger charge is -2.26. The van der Waals surface area contributed by atoms with E-state index in [4.69, 9.17) is 0 Å². The lowest BCUT2D eigenvalue weighted by Crippen LogP contribution is -2.43. The first-order valence-electron chi connectivity index (χ1n) is 7.23. The third-order valence-electron chi connectivity index (χ3n) is 3.91. The van der Waals surface area contributed by atoms with Gasteiger partial charge in [-0.1, -0.05) is 26.2 Å². The van der Waals surface area contributed by atoms with Gasteiger partial charge >= 0.3 is 0 Å². The molecule has 1 unspecified atom stereocenters. The van der Waals surface area contributed by atoms with Crippen LogP contribution in [0.5, 0.6) is 0 Å². The van der Waals surface area contributed by atoms with Crippen molar-refractivity contribution in [2.75, 3.05) is 19.7 Å². The first-order chi connectivity index (χ1) is 8.62. The highest BCUT2D eigenvalue weighted by atomic mass is 16.3. The Morgan fingerprint density at radius 3 is 2.61 bits per heavy atom. The monoisotopic (exact) mass is 256 g/mol. The molecule has 1 atom stereocenters. The van der Waals surface area contributed by atoms with Gasteiger partial charge in [0.1, 0.15) is 0 Å². The van der Waals surface area contributed by atoms with Gasteiger partial charge in [-0.25, -0.2) is 0 Å². The quantitative estimate of drug-likeness (QED) is 0.616. The van der Waals surface area contributed by atoms with E-state index in [1.54, 1.807) is 0 Å². The molecule has 1 amide bonds. The van der Waals surface area contributed by atoms with Gasteiger partial charge in [0.2, 0.25) is 5.91 Å². The standard InChI is InChI=1S/C14H28N2O2/c1-3-6-12(2)16-13(18)9-15-10-14(11-17)7-4-5-8-14/h12,15,17H,3-11H2,1-2H3,(H,16,18). The average molecular weight is 256 g/mol. The maximum absolute atomic E-state index is 11.7. The predicted molar refractivity (Wildman–Crippen MR) is 73.4 cm³/mol. The van der Waals surface area contributed by atoms with Crippen molar-refractivity contribution in [3.05, 3.63) is 0 Å². The molecule has 1 aliphatic carbocycles. The van der Waals surface area contributed by atoms with E-state index in [1.165, 1.54) is 12.8 Å². The van der Waals surface area contributed by atoms with Gasteiger partial charge in [0.05, 0.1) is 6.54 Å². The Kier molecular flexibility index (Phi) is 6.65. The molecular weight excluding hydrogens is 228 g/mol. The largest absolute Gasteiger partial charge is 0.396 e. The molecule has 0 radical (unpaired) electrons. The molecule has 18 heavy (non-hydrogen) atoms. The highest BCUT2D eigenvalue weighted by molar-refractivity contribution is 5.78. The van der Waals surface area contributed by atoms with Crippen LogP contribution in [0.1, 0.15) is 52.4 Å². The van der Waals surface area contributed by atoms with Crippen LogP contribution in [0.4, 0.5) is 0 Å². The van der Waals surface area contributed by atoms with E-state index >= 15 is 0 Å². The molecule has 0 aliphatic heterocycles. The molecule has 3 N–H and O–H groups in total. The van der Waals surface area contributed by atoms with Gasteiger partial charge in [0.25, 0.3) is 0 Å². The summed E-state index contributed by atoms with van der Waals surface area (Å²) in [5.74, 6) is 0.0574. The second-order valence-electron chi connectivity index (χ2n) is 5.73. The second kappa shape index (κ2) is 7.74. The molecule has 0 spiro atoms. The van der Waals surface area contributed by atoms with Crippen LogP contribution < -0.4 is 10.6 Å². The first-order valence-corrected chi connectivity index (χ1v) is 7.23. The van der Waals surface area contributed by atoms with Crippen molar-refractivity contribution in [2.45, 2.75) is 58.4 Å². The Morgan fingerprint density at radius 2 is 2.06 bits per heavy atom. The summed E-state index contributed by atoms with van der Waals surface area (Å²) in [5.41, 5.74) is 0.0231. The highest BCUT2D eigenvalue weighted by Gasteiger charge is 2.32. The lowest BCUT2D eigenvalue weighted by atomic mass is 9.87. The van der Waals surface area contributed by atoms with Gasteiger partial charge in [0.15, 0.2) is 0 Å². The minimum absolute atomic E-state index is 0.0231. The minimum Gasteiger partial charge on any atom is -0.396 e. The number of hydrogen-bond acceptors (Lipinski definition) is 3. The molecule has 0 aromatic rings. The molecule has 0 bridgehead atoms. The number of amides is 1. The number of carbonyl (C=O) groups is 1. The maximum Gasteiger partial charge on any atom is 0.234 e. The second-order valence-corrected chi connectivity index (χ2v) is 5.73. The average Bonchev–Trinajstić information content (AvgIpc) is 2.78. The topological polar surface area (TPSA) is 61.4 Å². The van der Waals surface area contributed by atoms with E-state index in [2.05, 4.69) is 17.6 Å². The molecule has 1 rings (SSSR count). The molecule has 1 saturated carbocycles. The summed E-state index contributed by atoms with van der Waals surface area (Å²) in [6.45, 7) is 5.49. The molecule has 106 valence electrons. The van der Waals surface area contributed by atoms with Gasteiger partial charge in [-0.05, 0) is 26.2 Å². The number of rotatable bonds is 8. The first kappa shape index (κ1) is 15.4. The highest BCUT2D eigenvalue weighted by Crippen LogP contribution is 2.36. The maximum atomic E-state index is 11.7. The van der Waals surface area contributed by atoms with Gasteiger partial charge in [-0.2, -0.15) is 0 Å². The Bertz CT molecular complexity index is 250. The lowest BCUT2D eigenvalue weighted by molar-refractivity contribution is -0.121. The minimum atomic E-state index is 0.0231. The van der Waals surface area contributed by atoms with Crippen molar-refractivity contribution in [1.82, 2.24) is 10.6 Å². The van der Waals surface area contributed by atoms with Gasteiger partial charge in [0, 0.05) is 24.6 Å². The fourth-order valence-corrected chi connectivity index (χ4v) is 2.79. The van der Waals surface area contributed by atoms with Crippen LogP contribution in [0.15, 0.2) is 0 Å². The normalized spacial score (nSPS) is 19.7. The van der Waals surface area contributed by atoms with E-state index in [-0.39, 0.29) is 24.0 Å². The molecule has 0 aromatic heterocycles. The number of aliphatic hydroxyl groups is 1. The van der Waals surface area contributed by atoms with Crippen molar-refractivity contribution >= 4 is 5.91 Å². The Balaban J connectivity index is 2.18. The zero-order valence-electron chi connectivity index (χ0n) is 11.8. The summed E-state index contributed by atoms with van der Waals surface area (Å²) in [5, 5.41) is 15.6. The Morgan fingerprint density at radius 1 is 1.39 bits per heavy atom. The van der Waals surface area contributed by atoms with Crippen LogP contribution in [0.2, 0.25) is 0 Å². The molecule has 4 heteroatoms. The van der Waals surface area contributed by atoms with Crippen LogP contribution in [0, 0.1) is 5.41 Å². The molecular formula is C14H28N2O2. The fourth-order valence-electron chi connectivity index (χ4n) is 2.79. The van der Waals surface area contributed by atoms with Crippen LogP contribution in [-0.4, -0.2) is 36.8 Å². The Labute approximate surface area is 111 Å². The van der Waals surface area contributed by atoms with Crippen LogP contribution >= 0.6 is 0 Å². The molecule has 0 aromatic carbocycles. The van der Waals surface area contributed by atoms with Crippen molar-refractivity contribution < 1.29 is 9.90 Å². The zero-order valence-corrected chi connectivity index (χ0v) is 11.8. The van der Waals surface area contributed by atoms with Crippen LogP contribution in [-0.2, 0) is 4.79 Å². The van der Waals surface area contributed by atoms with Crippen LogP contribution in [0.3, 0.4) is 0 Å². The van der Waals surface area contributed by atoms with Gasteiger partial charge < -0.3 is 15.7 Å². The molecule has 4 nitrogen and oxygen atoms in total. The van der Waals surface area contributed by atoms with E-state index in [0.29, 0.717) is 6.54 Å².